The fraction of sp³-hybridized carbons (Fsp3) is 0.0909. The summed E-state index contributed by atoms with van der Waals surface area (Å²) >= 11 is 5.64. The Hall–Kier alpha value is -2.01. The van der Waals surface area contributed by atoms with E-state index >= 15 is 0 Å². The molecule has 5 nitrogen and oxygen atoms in total. The van der Waals surface area contributed by atoms with Gasteiger partial charge in [0, 0.05) is 18.2 Å². The number of hydrogen-bond acceptors (Lipinski definition) is 4. The minimum atomic E-state index is 0.340. The monoisotopic (exact) mass is 248 g/mol. The summed E-state index contributed by atoms with van der Waals surface area (Å²) in [4.78, 5) is 10.2. The summed E-state index contributed by atoms with van der Waals surface area (Å²) in [6.45, 7) is 0. The zero-order valence-corrected chi connectivity index (χ0v) is 9.58. The molecule has 17 heavy (non-hydrogen) atoms. The molecule has 2 aromatic rings. The van der Waals surface area contributed by atoms with Crippen LogP contribution >= 0.6 is 11.6 Å². The van der Waals surface area contributed by atoms with Crippen LogP contribution in [-0.2, 0) is 4.79 Å². The largest absolute Gasteiger partial charge is 0.303 e. The molecule has 0 saturated carbocycles. The van der Waals surface area contributed by atoms with E-state index in [1.807, 2.05) is 6.08 Å². The van der Waals surface area contributed by atoms with E-state index in [-0.39, 0.29) is 0 Å². The summed E-state index contributed by atoms with van der Waals surface area (Å²) < 4.78 is 1.59. The van der Waals surface area contributed by atoms with Crippen molar-refractivity contribution in [1.82, 2.24) is 20.0 Å². The van der Waals surface area contributed by atoms with Crippen molar-refractivity contribution in [3.8, 4) is 5.82 Å². The van der Waals surface area contributed by atoms with Crippen molar-refractivity contribution in [3.63, 3.8) is 0 Å². The highest BCUT2D eigenvalue weighted by Crippen LogP contribution is 2.08. The number of rotatable bonds is 4. The van der Waals surface area contributed by atoms with E-state index in [0.29, 0.717) is 17.4 Å². The first-order valence-corrected chi connectivity index (χ1v) is 5.32. The average Bonchev–Trinajstić information content (AvgIpc) is 2.79. The van der Waals surface area contributed by atoms with Crippen molar-refractivity contribution < 1.29 is 4.79 Å². The van der Waals surface area contributed by atoms with Crippen LogP contribution in [0.25, 0.3) is 11.9 Å². The fourth-order valence-electron chi connectivity index (χ4n) is 1.24. The highest BCUT2D eigenvalue weighted by atomic mass is 35.5. The number of carbonyl (C=O) groups excluding carboxylic acids is 1. The number of carbonyl (C=O) groups is 1. The summed E-state index contributed by atoms with van der Waals surface area (Å²) in [6, 6.07) is 3.37. The number of hydrogen-bond donors (Lipinski definition) is 0. The molecule has 0 unspecified atom stereocenters. The fourth-order valence-corrected chi connectivity index (χ4v) is 1.34. The van der Waals surface area contributed by atoms with E-state index in [4.69, 9.17) is 11.6 Å². The van der Waals surface area contributed by atoms with Crippen LogP contribution in [0.3, 0.4) is 0 Å². The molecular weight excluding hydrogens is 240 g/mol. The molecule has 0 bridgehead atoms. The normalized spacial score (nSPS) is 10.9. The van der Waals surface area contributed by atoms with E-state index in [2.05, 4.69) is 15.3 Å². The standard InChI is InChI=1S/C11H9ClN4O/c12-10-4-5-11(15-14-10)16-8-9(7-13-16)3-1-2-6-17/h1,3-8H,2H2. The van der Waals surface area contributed by atoms with Crippen LogP contribution in [0.1, 0.15) is 12.0 Å². The van der Waals surface area contributed by atoms with Gasteiger partial charge in [-0.05, 0) is 12.1 Å². The lowest BCUT2D eigenvalue weighted by Crippen LogP contribution is -1.98. The van der Waals surface area contributed by atoms with Gasteiger partial charge in [0.15, 0.2) is 11.0 Å². The topological polar surface area (TPSA) is 60.7 Å². The summed E-state index contributed by atoms with van der Waals surface area (Å²) in [5.41, 5.74) is 0.892. The van der Waals surface area contributed by atoms with Crippen LogP contribution in [0.4, 0.5) is 0 Å². The minimum Gasteiger partial charge on any atom is -0.303 e. The Morgan fingerprint density at radius 1 is 1.35 bits per heavy atom. The van der Waals surface area contributed by atoms with Crippen molar-refractivity contribution in [2.45, 2.75) is 6.42 Å². The highest BCUT2D eigenvalue weighted by Gasteiger charge is 2.00. The molecule has 0 aliphatic carbocycles. The zero-order valence-electron chi connectivity index (χ0n) is 8.82. The van der Waals surface area contributed by atoms with Gasteiger partial charge in [0.25, 0.3) is 0 Å². The first-order valence-electron chi connectivity index (χ1n) is 4.94. The molecule has 0 aromatic carbocycles. The molecule has 0 amide bonds. The van der Waals surface area contributed by atoms with Gasteiger partial charge in [-0.2, -0.15) is 5.10 Å². The van der Waals surface area contributed by atoms with Gasteiger partial charge in [0.2, 0.25) is 0 Å². The lowest BCUT2D eigenvalue weighted by Gasteiger charge is -1.97. The van der Waals surface area contributed by atoms with Gasteiger partial charge in [0.05, 0.1) is 6.20 Å². The van der Waals surface area contributed by atoms with Crippen LogP contribution in [0, 0.1) is 0 Å². The molecule has 0 radical (unpaired) electrons. The second kappa shape index (κ2) is 5.36. The first kappa shape index (κ1) is 11.5. The maximum Gasteiger partial charge on any atom is 0.175 e. The van der Waals surface area contributed by atoms with Crippen molar-refractivity contribution in [2.24, 2.45) is 0 Å². The third-order valence-electron chi connectivity index (χ3n) is 2.00. The second-order valence-electron chi connectivity index (χ2n) is 3.24. The van der Waals surface area contributed by atoms with Crippen LogP contribution in [-0.4, -0.2) is 26.3 Å². The highest BCUT2D eigenvalue weighted by molar-refractivity contribution is 6.29. The summed E-state index contributed by atoms with van der Waals surface area (Å²) in [7, 11) is 0. The Kier molecular flexibility index (Phi) is 3.62. The maximum absolute atomic E-state index is 10.2. The van der Waals surface area contributed by atoms with Crippen LogP contribution in [0.5, 0.6) is 0 Å². The van der Waals surface area contributed by atoms with Gasteiger partial charge in [0.1, 0.15) is 6.29 Å². The third-order valence-corrected chi connectivity index (χ3v) is 2.20. The molecule has 2 heterocycles. The predicted octanol–water partition coefficient (Wildman–Crippen LogP) is 1.92. The predicted molar refractivity (Wildman–Crippen MR) is 63.9 cm³/mol. The van der Waals surface area contributed by atoms with E-state index in [9.17, 15) is 4.79 Å². The quantitative estimate of drug-likeness (QED) is 0.776. The summed E-state index contributed by atoms with van der Waals surface area (Å²) in [6.07, 6.45) is 8.29. The van der Waals surface area contributed by atoms with Crippen molar-refractivity contribution >= 4 is 24.0 Å². The van der Waals surface area contributed by atoms with Crippen molar-refractivity contribution in [3.05, 3.63) is 41.3 Å². The molecule has 0 aliphatic heterocycles. The minimum absolute atomic E-state index is 0.340. The molecule has 0 aliphatic rings. The molecule has 86 valence electrons. The van der Waals surface area contributed by atoms with E-state index in [1.165, 1.54) is 0 Å². The first-order chi connectivity index (χ1) is 8.29. The molecule has 0 spiro atoms. The molecule has 0 saturated heterocycles. The number of nitrogens with zero attached hydrogens (tertiary/aromatic N) is 4. The number of halogens is 1. The lowest BCUT2D eigenvalue weighted by molar-refractivity contribution is -0.107. The van der Waals surface area contributed by atoms with Gasteiger partial charge in [-0.3, -0.25) is 0 Å². The van der Waals surface area contributed by atoms with E-state index in [0.717, 1.165) is 11.8 Å². The van der Waals surface area contributed by atoms with Gasteiger partial charge in [-0.15, -0.1) is 10.2 Å². The SMILES string of the molecule is O=CCC=Cc1cnn(-c2ccc(Cl)nn2)c1. The molecule has 2 rings (SSSR count). The Bertz CT molecular complexity index is 533. The molecular formula is C11H9ClN4O. The molecule has 0 fully saturated rings. The van der Waals surface area contributed by atoms with Crippen molar-refractivity contribution in [2.75, 3.05) is 0 Å². The summed E-state index contributed by atoms with van der Waals surface area (Å²) in [5, 5.41) is 12.1. The van der Waals surface area contributed by atoms with Crippen LogP contribution in [0.15, 0.2) is 30.6 Å². The van der Waals surface area contributed by atoms with Gasteiger partial charge in [-0.1, -0.05) is 23.8 Å². The van der Waals surface area contributed by atoms with Crippen LogP contribution < -0.4 is 0 Å². The Morgan fingerprint density at radius 2 is 2.24 bits per heavy atom. The van der Waals surface area contributed by atoms with Crippen molar-refractivity contribution in [1.29, 1.82) is 0 Å². The Labute approximate surface area is 103 Å². The zero-order chi connectivity index (χ0) is 12.1. The van der Waals surface area contributed by atoms with Gasteiger partial charge >= 0.3 is 0 Å². The molecule has 0 N–H and O–H groups in total. The number of aromatic nitrogens is 4. The van der Waals surface area contributed by atoms with E-state index < -0.39 is 0 Å². The maximum atomic E-state index is 10.2. The smallest absolute Gasteiger partial charge is 0.175 e. The Morgan fingerprint density at radius 3 is 2.94 bits per heavy atom. The molecule has 0 atom stereocenters. The van der Waals surface area contributed by atoms with Gasteiger partial charge in [-0.25, -0.2) is 4.68 Å². The second-order valence-corrected chi connectivity index (χ2v) is 3.62. The molecule has 2 aromatic heterocycles. The Balaban J connectivity index is 2.17. The lowest BCUT2D eigenvalue weighted by atomic mass is 10.3. The number of aldehydes is 1. The van der Waals surface area contributed by atoms with E-state index in [1.54, 1.807) is 35.3 Å². The average molecular weight is 249 g/mol. The molecule has 6 heteroatoms. The van der Waals surface area contributed by atoms with Gasteiger partial charge < -0.3 is 4.79 Å². The number of allylic oxidation sites excluding steroid dienone is 1. The summed E-state index contributed by atoms with van der Waals surface area (Å²) in [5.74, 6) is 0.587. The third kappa shape index (κ3) is 2.98. The van der Waals surface area contributed by atoms with Crippen LogP contribution in [0.2, 0.25) is 5.15 Å².